The number of ether oxygens (including phenoxy) is 1. The second-order valence-electron chi connectivity index (χ2n) is 7.32. The quantitative estimate of drug-likeness (QED) is 0.856. The number of likely N-dealkylation sites (tertiary alicyclic amines) is 1. The van der Waals surface area contributed by atoms with Crippen LogP contribution < -0.4 is 5.32 Å². The Bertz CT molecular complexity index is 706. The predicted molar refractivity (Wildman–Crippen MR) is 91.3 cm³/mol. The molecular formula is C18H23FN2O5. The van der Waals surface area contributed by atoms with Gasteiger partial charge in [-0.3, -0.25) is 4.79 Å². The Labute approximate surface area is 151 Å². The third kappa shape index (κ3) is 4.71. The average molecular weight is 366 g/mol. The largest absolute Gasteiger partial charge is 0.480 e. The summed E-state index contributed by atoms with van der Waals surface area (Å²) in [6, 6.07) is 5.33. The maximum absolute atomic E-state index is 13.3. The van der Waals surface area contributed by atoms with E-state index in [2.05, 4.69) is 5.32 Å². The molecule has 0 atom stereocenters. The van der Waals surface area contributed by atoms with E-state index < -0.39 is 29.0 Å². The Morgan fingerprint density at radius 1 is 1.23 bits per heavy atom. The first-order chi connectivity index (χ1) is 12.0. The van der Waals surface area contributed by atoms with Gasteiger partial charge in [0, 0.05) is 18.7 Å². The number of hydrogen-bond donors (Lipinski definition) is 2. The molecule has 26 heavy (non-hydrogen) atoms. The minimum absolute atomic E-state index is 0.0304. The van der Waals surface area contributed by atoms with Gasteiger partial charge in [0.2, 0.25) is 0 Å². The predicted octanol–water partition coefficient (Wildman–Crippen LogP) is 2.41. The minimum atomic E-state index is -1.50. The van der Waals surface area contributed by atoms with E-state index >= 15 is 0 Å². The molecule has 2 rings (SSSR count). The van der Waals surface area contributed by atoms with Gasteiger partial charge in [0.25, 0.3) is 5.91 Å². The maximum Gasteiger partial charge on any atom is 0.408 e. The Morgan fingerprint density at radius 2 is 1.85 bits per heavy atom. The van der Waals surface area contributed by atoms with Crippen LogP contribution in [-0.4, -0.2) is 52.2 Å². The lowest BCUT2D eigenvalue weighted by Gasteiger charge is -2.39. The number of amides is 2. The topological polar surface area (TPSA) is 95.9 Å². The molecule has 142 valence electrons. The van der Waals surface area contributed by atoms with Crippen LogP contribution in [0.5, 0.6) is 0 Å². The van der Waals surface area contributed by atoms with Crippen LogP contribution in [0.1, 0.15) is 44.0 Å². The van der Waals surface area contributed by atoms with Crippen molar-refractivity contribution >= 4 is 18.0 Å². The van der Waals surface area contributed by atoms with Crippen molar-refractivity contribution in [3.63, 3.8) is 0 Å². The van der Waals surface area contributed by atoms with Gasteiger partial charge < -0.3 is 20.1 Å². The first-order valence-electron chi connectivity index (χ1n) is 8.32. The monoisotopic (exact) mass is 366 g/mol. The zero-order chi connectivity index (χ0) is 19.5. The lowest BCUT2D eigenvalue weighted by atomic mass is 9.87. The number of nitrogens with one attached hydrogen (secondary N) is 1. The molecule has 0 aromatic heterocycles. The van der Waals surface area contributed by atoms with Crippen molar-refractivity contribution < 1.29 is 28.6 Å². The van der Waals surface area contributed by atoms with E-state index in [0.717, 1.165) is 6.07 Å². The number of rotatable bonds is 3. The molecule has 0 radical (unpaired) electrons. The van der Waals surface area contributed by atoms with E-state index in [-0.39, 0.29) is 37.4 Å². The van der Waals surface area contributed by atoms with Crippen molar-refractivity contribution in [2.24, 2.45) is 0 Å². The van der Waals surface area contributed by atoms with E-state index in [1.807, 2.05) is 0 Å². The molecule has 1 aromatic rings. The van der Waals surface area contributed by atoms with Gasteiger partial charge in [0.1, 0.15) is 17.0 Å². The number of halogens is 1. The summed E-state index contributed by atoms with van der Waals surface area (Å²) in [5, 5.41) is 12.0. The molecule has 1 aromatic carbocycles. The van der Waals surface area contributed by atoms with Crippen molar-refractivity contribution in [2.75, 3.05) is 13.1 Å². The summed E-state index contributed by atoms with van der Waals surface area (Å²) < 4.78 is 18.4. The summed E-state index contributed by atoms with van der Waals surface area (Å²) in [5.41, 5.74) is -2.05. The second kappa shape index (κ2) is 7.31. The van der Waals surface area contributed by atoms with Crippen LogP contribution in [0.2, 0.25) is 0 Å². The van der Waals surface area contributed by atoms with Crippen molar-refractivity contribution in [3.05, 3.63) is 35.6 Å². The Morgan fingerprint density at radius 3 is 2.35 bits per heavy atom. The number of carboxylic acids is 1. The summed E-state index contributed by atoms with van der Waals surface area (Å²) in [7, 11) is 0. The number of aliphatic carboxylic acids is 1. The summed E-state index contributed by atoms with van der Waals surface area (Å²) in [4.78, 5) is 37.6. The molecule has 1 aliphatic heterocycles. The number of piperidine rings is 1. The summed E-state index contributed by atoms with van der Waals surface area (Å²) in [5.74, 6) is -2.07. The highest BCUT2D eigenvalue weighted by molar-refractivity contribution is 5.94. The van der Waals surface area contributed by atoms with Crippen LogP contribution in [0.3, 0.4) is 0 Å². The molecule has 0 saturated carbocycles. The van der Waals surface area contributed by atoms with Gasteiger partial charge in [-0.25, -0.2) is 14.0 Å². The molecule has 0 bridgehead atoms. The van der Waals surface area contributed by atoms with Crippen LogP contribution in [0.4, 0.5) is 9.18 Å². The van der Waals surface area contributed by atoms with E-state index in [4.69, 9.17) is 4.74 Å². The van der Waals surface area contributed by atoms with E-state index in [9.17, 15) is 23.9 Å². The molecule has 2 N–H and O–H groups in total. The standard InChI is InChI=1S/C18H23FN2O5/c1-17(2,3)26-16(25)20-18(15(23)24)7-9-21(10-8-18)14(22)12-5-4-6-13(19)11-12/h4-6,11H,7-10H2,1-3H3,(H,20,25)(H,23,24). The molecule has 8 heteroatoms. The van der Waals surface area contributed by atoms with Crippen LogP contribution in [0.25, 0.3) is 0 Å². The first kappa shape index (κ1) is 19.7. The van der Waals surface area contributed by atoms with Gasteiger partial charge in [0.15, 0.2) is 0 Å². The maximum atomic E-state index is 13.3. The van der Waals surface area contributed by atoms with Crippen molar-refractivity contribution in [1.82, 2.24) is 10.2 Å². The van der Waals surface area contributed by atoms with Gasteiger partial charge >= 0.3 is 12.1 Å². The minimum Gasteiger partial charge on any atom is -0.480 e. The fourth-order valence-corrected chi connectivity index (χ4v) is 2.79. The Hall–Kier alpha value is -2.64. The van der Waals surface area contributed by atoms with Crippen molar-refractivity contribution in [1.29, 1.82) is 0 Å². The number of alkyl carbamates (subject to hydrolysis) is 1. The number of hydrogen-bond acceptors (Lipinski definition) is 4. The van der Waals surface area contributed by atoms with E-state index in [1.165, 1.54) is 23.1 Å². The molecule has 1 fully saturated rings. The van der Waals surface area contributed by atoms with Gasteiger partial charge in [0.05, 0.1) is 0 Å². The Balaban J connectivity index is 2.06. The Kier molecular flexibility index (Phi) is 5.53. The van der Waals surface area contributed by atoms with Crippen molar-refractivity contribution in [2.45, 2.75) is 44.8 Å². The number of nitrogens with zero attached hydrogens (tertiary/aromatic N) is 1. The fourth-order valence-electron chi connectivity index (χ4n) is 2.79. The van der Waals surface area contributed by atoms with Crippen LogP contribution >= 0.6 is 0 Å². The van der Waals surface area contributed by atoms with Crippen LogP contribution in [-0.2, 0) is 9.53 Å². The number of carboxylic acid groups (broad SMARTS) is 1. The zero-order valence-corrected chi connectivity index (χ0v) is 15.0. The average Bonchev–Trinajstić information content (AvgIpc) is 2.53. The van der Waals surface area contributed by atoms with Crippen molar-refractivity contribution in [3.8, 4) is 0 Å². The molecular weight excluding hydrogens is 343 g/mol. The molecule has 0 spiro atoms. The van der Waals surface area contributed by atoms with Crippen LogP contribution in [0.15, 0.2) is 24.3 Å². The smallest absolute Gasteiger partial charge is 0.408 e. The molecule has 1 aliphatic rings. The summed E-state index contributed by atoms with van der Waals surface area (Å²) >= 11 is 0. The third-order valence-corrected chi connectivity index (χ3v) is 4.13. The molecule has 1 saturated heterocycles. The molecule has 2 amide bonds. The second-order valence-corrected chi connectivity index (χ2v) is 7.32. The zero-order valence-electron chi connectivity index (χ0n) is 15.0. The number of carbonyl (C=O) groups is 3. The number of carbonyl (C=O) groups excluding carboxylic acids is 2. The summed E-state index contributed by atoms with van der Waals surface area (Å²) in [6.45, 7) is 5.29. The summed E-state index contributed by atoms with van der Waals surface area (Å²) in [6.07, 6.45) is -0.754. The molecule has 7 nitrogen and oxygen atoms in total. The normalized spacial score (nSPS) is 16.7. The first-order valence-corrected chi connectivity index (χ1v) is 8.32. The highest BCUT2D eigenvalue weighted by Crippen LogP contribution is 2.25. The van der Waals surface area contributed by atoms with Gasteiger partial charge in [-0.1, -0.05) is 6.07 Å². The molecule has 1 heterocycles. The highest BCUT2D eigenvalue weighted by Gasteiger charge is 2.44. The van der Waals surface area contributed by atoms with Gasteiger partial charge in [-0.2, -0.15) is 0 Å². The lowest BCUT2D eigenvalue weighted by molar-refractivity contribution is -0.146. The van der Waals surface area contributed by atoms with Gasteiger partial charge in [-0.05, 0) is 51.8 Å². The lowest BCUT2D eigenvalue weighted by Crippen LogP contribution is -2.61. The fraction of sp³-hybridized carbons (Fsp3) is 0.500. The van der Waals surface area contributed by atoms with E-state index in [0.29, 0.717) is 0 Å². The SMILES string of the molecule is CC(C)(C)OC(=O)NC1(C(=O)O)CCN(C(=O)c2cccc(F)c2)CC1. The third-order valence-electron chi connectivity index (χ3n) is 4.13. The van der Waals surface area contributed by atoms with E-state index in [1.54, 1.807) is 20.8 Å². The number of benzene rings is 1. The molecule has 0 unspecified atom stereocenters. The van der Waals surface area contributed by atoms with Crippen LogP contribution in [0, 0.1) is 5.82 Å². The molecule has 0 aliphatic carbocycles. The highest BCUT2D eigenvalue weighted by atomic mass is 19.1. The van der Waals surface area contributed by atoms with Gasteiger partial charge in [-0.15, -0.1) is 0 Å².